The number of hydrogen-bond acceptors (Lipinski definition) is 0. The predicted octanol–water partition coefficient (Wildman–Crippen LogP) is 7.42. The van der Waals surface area contributed by atoms with Crippen LogP contribution in [0, 0.1) is 0 Å². The van der Waals surface area contributed by atoms with E-state index in [1.165, 1.54) is 32.6 Å². The fraction of sp³-hybridized carbons (Fsp3) is 0.0625. The molecule has 166 valence electrons. The molecule has 0 bridgehead atoms. The normalized spacial score (nSPS) is 11.3. The summed E-state index contributed by atoms with van der Waals surface area (Å²) in [5.41, 5.74) is 4.02. The topological polar surface area (TPSA) is 0 Å². The first-order valence-corrected chi connectivity index (χ1v) is 14.0. The van der Waals surface area contributed by atoms with Crippen molar-refractivity contribution in [3.8, 4) is 0 Å². The van der Waals surface area contributed by atoms with E-state index in [2.05, 4.69) is 127 Å². The maximum Gasteiger partial charge on any atom is 0.116 e. The third-order valence-electron chi connectivity index (χ3n) is 6.37. The molecule has 0 fully saturated rings. The molecule has 0 heterocycles. The van der Waals surface area contributed by atoms with Crippen molar-refractivity contribution in [3.63, 3.8) is 0 Å². The van der Waals surface area contributed by atoms with E-state index in [0.29, 0.717) is 0 Å². The van der Waals surface area contributed by atoms with Crippen LogP contribution in [0.15, 0.2) is 140 Å². The van der Waals surface area contributed by atoms with Crippen molar-refractivity contribution >= 4 is 34.8 Å². The SMILES string of the molecule is Clc1ccc(Cc2ccccc2[P+](Cc2ccccc2)(c2ccccc2)c2ccccc2)cc1. The molecule has 0 nitrogen and oxygen atoms in total. The third-order valence-corrected chi connectivity index (χ3v) is 11.1. The maximum atomic E-state index is 6.17. The molecule has 5 aromatic carbocycles. The number of benzene rings is 5. The molecule has 0 N–H and O–H groups in total. The van der Waals surface area contributed by atoms with E-state index in [1.807, 2.05) is 12.1 Å². The van der Waals surface area contributed by atoms with Crippen molar-refractivity contribution in [2.24, 2.45) is 0 Å². The van der Waals surface area contributed by atoms with Crippen molar-refractivity contribution in [1.29, 1.82) is 0 Å². The molecule has 0 saturated carbocycles. The first kappa shape index (κ1) is 22.6. The molecule has 5 aromatic rings. The number of rotatable bonds is 7. The number of hydrogen-bond donors (Lipinski definition) is 0. The lowest BCUT2D eigenvalue weighted by Gasteiger charge is -2.29. The van der Waals surface area contributed by atoms with Crippen LogP contribution in [0.5, 0.6) is 0 Å². The van der Waals surface area contributed by atoms with Crippen LogP contribution in [0.3, 0.4) is 0 Å². The molecule has 0 aliphatic rings. The van der Waals surface area contributed by atoms with Crippen molar-refractivity contribution in [2.45, 2.75) is 12.6 Å². The summed E-state index contributed by atoms with van der Waals surface area (Å²) in [6.45, 7) is 0. The smallest absolute Gasteiger partial charge is 0.0843 e. The molecular formula is C32H27ClP+. The molecular weight excluding hydrogens is 451 g/mol. The van der Waals surface area contributed by atoms with Crippen LogP contribution in [0.25, 0.3) is 0 Å². The second kappa shape index (κ2) is 10.4. The van der Waals surface area contributed by atoms with Gasteiger partial charge in [-0.3, -0.25) is 0 Å². The second-order valence-corrected chi connectivity index (χ2v) is 12.4. The van der Waals surface area contributed by atoms with E-state index in [4.69, 9.17) is 11.6 Å². The van der Waals surface area contributed by atoms with Crippen LogP contribution >= 0.6 is 18.9 Å². The Bertz CT molecular complexity index is 1290. The zero-order valence-electron chi connectivity index (χ0n) is 19.0. The highest BCUT2D eigenvalue weighted by molar-refractivity contribution is 7.95. The van der Waals surface area contributed by atoms with Crippen molar-refractivity contribution < 1.29 is 0 Å². The monoisotopic (exact) mass is 477 g/mol. The Labute approximate surface area is 208 Å². The fourth-order valence-corrected chi connectivity index (χ4v) is 9.39. The molecule has 0 saturated heterocycles. The maximum absolute atomic E-state index is 6.17. The lowest BCUT2D eigenvalue weighted by molar-refractivity contribution is 1.21. The summed E-state index contributed by atoms with van der Waals surface area (Å²) in [6.07, 6.45) is 1.86. The molecule has 0 radical (unpaired) electrons. The minimum Gasteiger partial charge on any atom is -0.0843 e. The lowest BCUT2D eigenvalue weighted by atomic mass is 10.1. The van der Waals surface area contributed by atoms with Crippen LogP contribution in [-0.2, 0) is 12.6 Å². The second-order valence-electron chi connectivity index (χ2n) is 8.56. The zero-order valence-corrected chi connectivity index (χ0v) is 20.7. The molecule has 34 heavy (non-hydrogen) atoms. The van der Waals surface area contributed by atoms with Gasteiger partial charge in [0.05, 0.1) is 6.16 Å². The van der Waals surface area contributed by atoms with E-state index in [1.54, 1.807) is 0 Å². The summed E-state index contributed by atoms with van der Waals surface area (Å²) in [6, 6.07) is 50.5. The van der Waals surface area contributed by atoms with Gasteiger partial charge in [-0.15, -0.1) is 0 Å². The average Bonchev–Trinajstić information content (AvgIpc) is 2.91. The zero-order chi connectivity index (χ0) is 23.2. The lowest BCUT2D eigenvalue weighted by Crippen LogP contribution is -2.34. The van der Waals surface area contributed by atoms with Crippen molar-refractivity contribution in [1.82, 2.24) is 0 Å². The highest BCUT2D eigenvalue weighted by atomic mass is 35.5. The molecule has 2 heteroatoms. The first-order valence-electron chi connectivity index (χ1n) is 11.6. The average molecular weight is 478 g/mol. The minimum atomic E-state index is -1.99. The van der Waals surface area contributed by atoms with E-state index >= 15 is 0 Å². The highest BCUT2D eigenvalue weighted by Gasteiger charge is 2.46. The molecule has 0 aliphatic heterocycles. The minimum absolute atomic E-state index is 0.775. The number of halogens is 1. The van der Waals surface area contributed by atoms with Crippen molar-refractivity contribution in [3.05, 3.63) is 161 Å². The Morgan fingerprint density at radius 1 is 0.471 bits per heavy atom. The van der Waals surface area contributed by atoms with Gasteiger partial charge < -0.3 is 0 Å². The summed E-state index contributed by atoms with van der Waals surface area (Å²) in [4.78, 5) is 0. The molecule has 0 spiro atoms. The van der Waals surface area contributed by atoms with Crippen LogP contribution in [0.1, 0.15) is 16.7 Å². The van der Waals surface area contributed by atoms with Crippen LogP contribution in [0.2, 0.25) is 5.02 Å². The quantitative estimate of drug-likeness (QED) is 0.214. The third kappa shape index (κ3) is 4.71. The van der Waals surface area contributed by atoms with Crippen molar-refractivity contribution in [2.75, 3.05) is 0 Å². The first-order chi connectivity index (χ1) is 16.8. The van der Waals surface area contributed by atoms with Gasteiger partial charge in [0, 0.05) is 11.4 Å². The van der Waals surface area contributed by atoms with Gasteiger partial charge in [-0.05, 0) is 59.2 Å². The Kier molecular flexibility index (Phi) is 6.91. The van der Waals surface area contributed by atoms with Gasteiger partial charge in [0.1, 0.15) is 23.2 Å². The summed E-state index contributed by atoms with van der Waals surface area (Å²) >= 11 is 6.17. The Hall–Kier alpha value is -3.18. The van der Waals surface area contributed by atoms with Gasteiger partial charge >= 0.3 is 0 Å². The highest BCUT2D eigenvalue weighted by Crippen LogP contribution is 2.58. The largest absolute Gasteiger partial charge is 0.116 e. The molecule has 0 unspecified atom stereocenters. The van der Waals surface area contributed by atoms with Crippen LogP contribution in [-0.4, -0.2) is 0 Å². The Morgan fingerprint density at radius 3 is 1.56 bits per heavy atom. The molecule has 0 atom stereocenters. The Balaban J connectivity index is 1.76. The Morgan fingerprint density at radius 2 is 0.971 bits per heavy atom. The van der Waals surface area contributed by atoms with Crippen LogP contribution in [0.4, 0.5) is 0 Å². The predicted molar refractivity (Wildman–Crippen MR) is 150 cm³/mol. The fourth-order valence-electron chi connectivity index (χ4n) is 4.77. The molecule has 5 rings (SSSR count). The van der Waals surface area contributed by atoms with E-state index < -0.39 is 7.26 Å². The van der Waals surface area contributed by atoms with Crippen LogP contribution < -0.4 is 15.9 Å². The summed E-state index contributed by atoms with van der Waals surface area (Å²) < 4.78 is 0. The molecule has 0 aromatic heterocycles. The van der Waals surface area contributed by atoms with Gasteiger partial charge in [-0.1, -0.05) is 109 Å². The van der Waals surface area contributed by atoms with E-state index in [9.17, 15) is 0 Å². The van der Waals surface area contributed by atoms with Gasteiger partial charge in [-0.2, -0.15) is 0 Å². The molecule has 0 amide bonds. The van der Waals surface area contributed by atoms with Gasteiger partial charge in [-0.25, -0.2) is 0 Å². The van der Waals surface area contributed by atoms with Gasteiger partial charge in [0.15, 0.2) is 0 Å². The van der Waals surface area contributed by atoms with E-state index in [0.717, 1.165) is 17.6 Å². The summed E-state index contributed by atoms with van der Waals surface area (Å²) in [7, 11) is -1.99. The van der Waals surface area contributed by atoms with Gasteiger partial charge in [0.2, 0.25) is 0 Å². The van der Waals surface area contributed by atoms with E-state index in [-0.39, 0.29) is 0 Å². The summed E-state index contributed by atoms with van der Waals surface area (Å²) in [5.74, 6) is 0. The molecule has 0 aliphatic carbocycles. The van der Waals surface area contributed by atoms with Gasteiger partial charge in [0.25, 0.3) is 0 Å². The standard InChI is InChI=1S/C32H27ClP/c33-29-22-20-26(21-23-29)24-28-14-10-11-19-32(28)34(30-15-6-2-7-16-30,31-17-8-3-9-18-31)25-27-12-4-1-5-13-27/h1-23H,24-25H2/q+1. The summed E-state index contributed by atoms with van der Waals surface area (Å²) in [5, 5.41) is 5.05.